The molecule has 12 heavy (non-hydrogen) atoms. The third-order valence-electron chi connectivity index (χ3n) is 3.01. The smallest absolute Gasteiger partial charge is 0.00891 e. The average molecular weight is 161 g/mol. The van der Waals surface area contributed by atoms with Crippen molar-refractivity contribution in [2.24, 2.45) is 5.92 Å². The molecule has 0 N–H and O–H groups in total. The molecule has 1 saturated carbocycles. The zero-order valence-electron chi connectivity index (χ0n) is 7.84. The highest BCUT2D eigenvalue weighted by molar-refractivity contribution is 5.41. The monoisotopic (exact) mass is 161 g/mol. The molecule has 0 heteroatoms. The van der Waals surface area contributed by atoms with Crippen LogP contribution in [0.25, 0.3) is 0 Å². The first kappa shape index (κ1) is 8.10. The Morgan fingerprint density at radius 2 is 1.92 bits per heavy atom. The fourth-order valence-corrected chi connectivity index (χ4v) is 2.28. The van der Waals surface area contributed by atoms with Gasteiger partial charge in [-0.05, 0) is 25.7 Å². The Morgan fingerprint density at radius 3 is 2.50 bits per heavy atom. The van der Waals surface area contributed by atoms with Gasteiger partial charge in [-0.25, -0.2) is 0 Å². The predicted octanol–water partition coefficient (Wildman–Crippen LogP) is 3.66. The molecule has 2 aliphatic carbocycles. The molecule has 0 aliphatic heterocycles. The standard InChI is InChI=1S/C12H17/c1-10-7-8-12(9-10)11-5-3-2-4-6-11/h7-9,11H,2-6H2,1H3. The second kappa shape index (κ2) is 3.47. The lowest BCUT2D eigenvalue weighted by molar-refractivity contribution is 0.406. The van der Waals surface area contributed by atoms with Crippen molar-refractivity contribution in [3.8, 4) is 0 Å². The van der Waals surface area contributed by atoms with E-state index in [1.54, 1.807) is 5.57 Å². The molecule has 0 unspecified atom stereocenters. The second-order valence-corrected chi connectivity index (χ2v) is 4.06. The molecular weight excluding hydrogens is 144 g/mol. The molecule has 0 atom stereocenters. The van der Waals surface area contributed by atoms with E-state index in [0.717, 1.165) is 5.92 Å². The van der Waals surface area contributed by atoms with Gasteiger partial charge in [0.15, 0.2) is 0 Å². The van der Waals surface area contributed by atoms with Crippen molar-refractivity contribution in [1.82, 2.24) is 0 Å². The summed E-state index contributed by atoms with van der Waals surface area (Å²) in [6.07, 6.45) is 14.1. The molecule has 2 rings (SSSR count). The molecule has 0 amide bonds. The molecule has 0 aromatic rings. The van der Waals surface area contributed by atoms with Crippen molar-refractivity contribution in [3.63, 3.8) is 0 Å². The van der Waals surface area contributed by atoms with Crippen molar-refractivity contribution in [2.45, 2.75) is 39.0 Å². The van der Waals surface area contributed by atoms with Gasteiger partial charge in [0.25, 0.3) is 0 Å². The number of hydrogen-bond donors (Lipinski definition) is 0. The van der Waals surface area contributed by atoms with Gasteiger partial charge in [0.05, 0.1) is 0 Å². The molecule has 2 aliphatic rings. The summed E-state index contributed by atoms with van der Waals surface area (Å²) < 4.78 is 0. The van der Waals surface area contributed by atoms with E-state index in [9.17, 15) is 0 Å². The van der Waals surface area contributed by atoms with Gasteiger partial charge in [0.1, 0.15) is 0 Å². The van der Waals surface area contributed by atoms with Crippen molar-refractivity contribution in [1.29, 1.82) is 0 Å². The molecule has 0 aromatic carbocycles. The maximum absolute atomic E-state index is 2.36. The molecule has 0 bridgehead atoms. The molecule has 0 spiro atoms. The van der Waals surface area contributed by atoms with Gasteiger partial charge in [-0.3, -0.25) is 0 Å². The van der Waals surface area contributed by atoms with Crippen LogP contribution in [0, 0.1) is 12.3 Å². The van der Waals surface area contributed by atoms with E-state index in [-0.39, 0.29) is 0 Å². The minimum absolute atomic E-state index is 0.882. The highest BCUT2D eigenvalue weighted by atomic mass is 14.2. The van der Waals surface area contributed by atoms with Gasteiger partial charge in [-0.2, -0.15) is 0 Å². The number of allylic oxidation sites excluding steroid dienone is 4. The first-order chi connectivity index (χ1) is 5.86. The Morgan fingerprint density at radius 1 is 1.17 bits per heavy atom. The van der Waals surface area contributed by atoms with E-state index >= 15 is 0 Å². The van der Waals surface area contributed by atoms with Crippen LogP contribution in [0.4, 0.5) is 0 Å². The Kier molecular flexibility index (Phi) is 2.34. The Hall–Kier alpha value is -0.520. The molecule has 0 saturated heterocycles. The van der Waals surface area contributed by atoms with Crippen LogP contribution in [0.15, 0.2) is 23.3 Å². The summed E-state index contributed by atoms with van der Waals surface area (Å²) in [7, 11) is 0. The maximum Gasteiger partial charge on any atom is 0.00891 e. The van der Waals surface area contributed by atoms with Crippen molar-refractivity contribution in [2.75, 3.05) is 0 Å². The molecule has 1 fully saturated rings. The molecule has 1 radical (unpaired) electrons. The first-order valence-corrected chi connectivity index (χ1v) is 5.09. The summed E-state index contributed by atoms with van der Waals surface area (Å²) in [6, 6.07) is 0. The molecule has 65 valence electrons. The summed E-state index contributed by atoms with van der Waals surface area (Å²) in [5.74, 6) is 0.882. The van der Waals surface area contributed by atoms with Crippen LogP contribution in [0.2, 0.25) is 0 Å². The highest BCUT2D eigenvalue weighted by Gasteiger charge is 2.18. The summed E-state index contributed by atoms with van der Waals surface area (Å²) in [4.78, 5) is 0. The van der Waals surface area contributed by atoms with Crippen LogP contribution < -0.4 is 0 Å². The van der Waals surface area contributed by atoms with Gasteiger partial charge in [0, 0.05) is 6.42 Å². The first-order valence-electron chi connectivity index (χ1n) is 5.09. The predicted molar refractivity (Wildman–Crippen MR) is 52.7 cm³/mol. The largest absolute Gasteiger partial charge is 0.0735 e. The molecular formula is C12H17. The zero-order valence-corrected chi connectivity index (χ0v) is 7.84. The minimum Gasteiger partial charge on any atom is -0.0735 e. The average Bonchev–Trinajstić information content (AvgIpc) is 2.54. The summed E-state index contributed by atoms with van der Waals surface area (Å²) in [5.41, 5.74) is 3.02. The Labute approximate surface area is 75.4 Å². The van der Waals surface area contributed by atoms with Gasteiger partial charge < -0.3 is 0 Å². The third-order valence-corrected chi connectivity index (χ3v) is 3.01. The van der Waals surface area contributed by atoms with Crippen LogP contribution in [0.5, 0.6) is 0 Å². The normalized spacial score (nSPS) is 25.4. The molecule has 0 nitrogen and oxygen atoms in total. The number of hydrogen-bond acceptors (Lipinski definition) is 0. The highest BCUT2D eigenvalue weighted by Crippen LogP contribution is 2.34. The second-order valence-electron chi connectivity index (χ2n) is 4.06. The summed E-state index contributed by atoms with van der Waals surface area (Å²) >= 11 is 0. The van der Waals surface area contributed by atoms with Crippen LogP contribution in [0.1, 0.15) is 39.0 Å². The van der Waals surface area contributed by atoms with E-state index in [4.69, 9.17) is 0 Å². The van der Waals surface area contributed by atoms with E-state index in [1.807, 2.05) is 0 Å². The van der Waals surface area contributed by atoms with E-state index < -0.39 is 0 Å². The van der Waals surface area contributed by atoms with Crippen LogP contribution in [-0.4, -0.2) is 0 Å². The van der Waals surface area contributed by atoms with E-state index in [1.165, 1.54) is 37.7 Å². The van der Waals surface area contributed by atoms with E-state index in [2.05, 4.69) is 25.5 Å². The van der Waals surface area contributed by atoms with Crippen molar-refractivity contribution in [3.05, 3.63) is 29.7 Å². The summed E-state index contributed by atoms with van der Waals surface area (Å²) in [6.45, 7) is 2.19. The lowest BCUT2D eigenvalue weighted by Gasteiger charge is -2.22. The van der Waals surface area contributed by atoms with Crippen LogP contribution >= 0.6 is 0 Å². The van der Waals surface area contributed by atoms with Gasteiger partial charge in [-0.15, -0.1) is 0 Å². The third kappa shape index (κ3) is 1.63. The summed E-state index contributed by atoms with van der Waals surface area (Å²) in [5, 5.41) is 0. The Balaban J connectivity index is 1.96. The fourth-order valence-electron chi connectivity index (χ4n) is 2.28. The number of rotatable bonds is 1. The SMILES string of the molecule is CC1=C[CH]C(C2CCCCC2)=C1. The minimum atomic E-state index is 0.882. The lowest BCUT2D eigenvalue weighted by Crippen LogP contribution is -2.08. The van der Waals surface area contributed by atoms with Crippen molar-refractivity contribution < 1.29 is 0 Å². The molecule has 0 heterocycles. The van der Waals surface area contributed by atoms with Crippen LogP contribution in [0.3, 0.4) is 0 Å². The zero-order chi connectivity index (χ0) is 8.39. The fraction of sp³-hybridized carbons (Fsp3) is 0.583. The Bertz CT molecular complexity index is 214. The van der Waals surface area contributed by atoms with Crippen molar-refractivity contribution >= 4 is 0 Å². The lowest BCUT2D eigenvalue weighted by atomic mass is 9.83. The van der Waals surface area contributed by atoms with Gasteiger partial charge >= 0.3 is 0 Å². The van der Waals surface area contributed by atoms with E-state index in [0.29, 0.717) is 0 Å². The quantitative estimate of drug-likeness (QED) is 0.550. The molecule has 0 aromatic heterocycles. The van der Waals surface area contributed by atoms with Gasteiger partial charge in [-0.1, -0.05) is 42.6 Å². The topological polar surface area (TPSA) is 0 Å². The van der Waals surface area contributed by atoms with Crippen LogP contribution in [-0.2, 0) is 0 Å². The van der Waals surface area contributed by atoms with Gasteiger partial charge in [0.2, 0.25) is 0 Å². The maximum atomic E-state index is 2.36.